The number of pyridine rings is 1. The van der Waals surface area contributed by atoms with Gasteiger partial charge in [-0.3, -0.25) is 10.4 Å². The molecule has 0 aliphatic heterocycles. The first-order chi connectivity index (χ1) is 17.8. The summed E-state index contributed by atoms with van der Waals surface area (Å²) in [4.78, 5) is 19.2. The summed E-state index contributed by atoms with van der Waals surface area (Å²) in [6.45, 7) is -1.20. The summed E-state index contributed by atoms with van der Waals surface area (Å²) in [5, 5.41) is 11.8. The second-order valence-corrected chi connectivity index (χ2v) is 7.97. The number of hydrogen-bond acceptors (Lipinski definition) is 6. The predicted molar refractivity (Wildman–Crippen MR) is 129 cm³/mol. The van der Waals surface area contributed by atoms with Crippen LogP contribution in [-0.2, 0) is 6.42 Å². The topological polar surface area (TPSA) is 132 Å². The van der Waals surface area contributed by atoms with Gasteiger partial charge in [0.2, 0.25) is 0 Å². The highest BCUT2D eigenvalue weighted by molar-refractivity contribution is 5.94. The van der Waals surface area contributed by atoms with Crippen LogP contribution in [0.5, 0.6) is 11.5 Å². The Morgan fingerprint density at radius 1 is 1.22 bits per heavy atom. The van der Waals surface area contributed by atoms with E-state index in [1.165, 1.54) is 31.5 Å². The van der Waals surface area contributed by atoms with E-state index in [4.69, 9.17) is 20.6 Å². The van der Waals surface area contributed by atoms with Gasteiger partial charge in [0, 0.05) is 23.4 Å². The number of nitrogen functional groups attached to an aromatic ring is 1. The molecule has 9 nitrogen and oxygen atoms in total. The van der Waals surface area contributed by atoms with Gasteiger partial charge in [0.1, 0.15) is 30.7 Å². The van der Waals surface area contributed by atoms with Gasteiger partial charge in [-0.1, -0.05) is 24.3 Å². The monoisotopic (exact) mass is 512 g/mol. The molecule has 0 spiro atoms. The number of methoxy groups -OCH3 is 1. The number of ether oxygens (including phenoxy) is 2. The van der Waals surface area contributed by atoms with E-state index in [9.17, 15) is 13.6 Å². The van der Waals surface area contributed by atoms with Crippen LogP contribution in [0.4, 0.5) is 13.2 Å². The molecule has 192 valence electrons. The molecule has 0 bridgehead atoms. The van der Waals surface area contributed by atoms with Crippen molar-refractivity contribution < 1.29 is 22.6 Å². The molecule has 0 radical (unpaired) electrons. The molecule has 1 unspecified atom stereocenters. The zero-order chi connectivity index (χ0) is 26.5. The molecule has 1 atom stereocenters. The maximum absolute atomic E-state index is 15.7. The smallest absolute Gasteiger partial charge is 0.349 e. The number of nitrogens with one attached hydrogen (secondary N) is 2. The summed E-state index contributed by atoms with van der Waals surface area (Å²) in [6, 6.07) is 11.9. The van der Waals surface area contributed by atoms with Crippen molar-refractivity contribution in [2.75, 3.05) is 20.4 Å². The summed E-state index contributed by atoms with van der Waals surface area (Å²) in [5.74, 6) is -2.88. The van der Waals surface area contributed by atoms with Gasteiger partial charge in [-0.15, -0.1) is 5.10 Å². The Labute approximate surface area is 209 Å². The molecule has 2 aromatic carbocycles. The second-order valence-electron chi connectivity index (χ2n) is 7.97. The van der Waals surface area contributed by atoms with Crippen LogP contribution in [0.15, 0.2) is 59.5 Å². The van der Waals surface area contributed by atoms with Gasteiger partial charge in [0.25, 0.3) is 0 Å². The van der Waals surface area contributed by atoms with Gasteiger partial charge in [-0.2, -0.15) is 4.68 Å². The second kappa shape index (κ2) is 11.0. The highest BCUT2D eigenvalue weighted by atomic mass is 19.1. The molecule has 4 aromatic rings. The Morgan fingerprint density at radius 2 is 1.97 bits per heavy atom. The van der Waals surface area contributed by atoms with Crippen LogP contribution in [0.2, 0.25) is 0 Å². The van der Waals surface area contributed by atoms with Gasteiger partial charge in [0.05, 0.1) is 13.0 Å². The first-order valence-corrected chi connectivity index (χ1v) is 11.1. The number of hydrogen-bond donors (Lipinski definition) is 3. The van der Waals surface area contributed by atoms with Crippen molar-refractivity contribution in [3.05, 3.63) is 99.4 Å². The molecule has 4 rings (SSSR count). The van der Waals surface area contributed by atoms with Crippen LogP contribution >= 0.6 is 0 Å². The Bertz CT molecular complexity index is 1470. The van der Waals surface area contributed by atoms with Crippen LogP contribution in [0.25, 0.3) is 5.82 Å². The number of benzene rings is 2. The fraction of sp³-hybridized carbons (Fsp3) is 0.200. The van der Waals surface area contributed by atoms with Crippen molar-refractivity contribution in [1.82, 2.24) is 19.7 Å². The minimum absolute atomic E-state index is 0.0225. The third-order valence-electron chi connectivity index (χ3n) is 5.60. The minimum Gasteiger partial charge on any atom is -0.497 e. The van der Waals surface area contributed by atoms with Crippen LogP contribution in [0.3, 0.4) is 0 Å². The molecular formula is C25H23F3N6O3. The van der Waals surface area contributed by atoms with Crippen molar-refractivity contribution in [1.29, 1.82) is 5.41 Å². The fourth-order valence-corrected chi connectivity index (χ4v) is 3.80. The van der Waals surface area contributed by atoms with Crippen molar-refractivity contribution in [3.63, 3.8) is 0 Å². The minimum atomic E-state index is -0.910. The van der Waals surface area contributed by atoms with E-state index in [-0.39, 0.29) is 47.6 Å². The van der Waals surface area contributed by atoms with Gasteiger partial charge in [0.15, 0.2) is 23.2 Å². The van der Waals surface area contributed by atoms with Crippen molar-refractivity contribution >= 4 is 5.84 Å². The number of nitrogens with zero attached hydrogens (tertiary/aromatic N) is 3. The van der Waals surface area contributed by atoms with Gasteiger partial charge < -0.3 is 15.2 Å². The summed E-state index contributed by atoms with van der Waals surface area (Å²) < 4.78 is 54.0. The number of rotatable bonds is 10. The Balaban J connectivity index is 1.85. The number of alkyl halides is 1. The summed E-state index contributed by atoms with van der Waals surface area (Å²) in [5.41, 5.74) is 6.00. The first kappa shape index (κ1) is 25.5. The first-order valence-electron chi connectivity index (χ1n) is 11.1. The van der Waals surface area contributed by atoms with E-state index in [0.29, 0.717) is 11.1 Å². The van der Waals surface area contributed by atoms with Crippen LogP contribution in [-0.4, -0.2) is 46.0 Å². The zero-order valence-corrected chi connectivity index (χ0v) is 19.7. The number of amidine groups is 1. The predicted octanol–water partition coefficient (Wildman–Crippen LogP) is 3.25. The quantitative estimate of drug-likeness (QED) is 0.221. The molecule has 0 aliphatic rings. The van der Waals surface area contributed by atoms with Gasteiger partial charge >= 0.3 is 5.69 Å². The molecule has 37 heavy (non-hydrogen) atoms. The number of H-pyrrole nitrogens is 1. The van der Waals surface area contributed by atoms with Crippen molar-refractivity contribution in [3.8, 4) is 17.3 Å². The molecule has 0 aliphatic carbocycles. The average molecular weight is 512 g/mol. The third-order valence-corrected chi connectivity index (χ3v) is 5.60. The summed E-state index contributed by atoms with van der Waals surface area (Å²) in [6.07, 6.45) is 1.44. The van der Waals surface area contributed by atoms with E-state index in [0.717, 1.165) is 10.7 Å². The Kier molecular flexibility index (Phi) is 7.56. The van der Waals surface area contributed by atoms with Crippen LogP contribution in [0, 0.1) is 17.0 Å². The molecule has 4 N–H and O–H groups in total. The normalized spacial score (nSPS) is 11.8. The molecule has 12 heteroatoms. The Hall–Kier alpha value is -4.61. The van der Waals surface area contributed by atoms with E-state index in [1.807, 2.05) is 0 Å². The molecular weight excluding hydrogens is 489 g/mol. The molecule has 0 fully saturated rings. The van der Waals surface area contributed by atoms with Crippen molar-refractivity contribution in [2.45, 2.75) is 12.3 Å². The molecule has 2 aromatic heterocycles. The average Bonchev–Trinajstić information content (AvgIpc) is 3.28. The van der Waals surface area contributed by atoms with E-state index in [1.54, 1.807) is 24.3 Å². The standard InChI is InChI=1S/C25H23F3N6O3/c1-36-16-12-17(21(28)20(13-16)37-10-8-26)18(11-14-4-6-15(7-5-14)22(29)30)23-32-25(35)34(33-23)24-19(27)3-2-9-31-24/h2-7,9,12-13,18H,8,10-11H2,1H3,(H3,29,30)(H,32,33,35). The lowest BCUT2D eigenvalue weighted by Crippen LogP contribution is -2.18. The van der Waals surface area contributed by atoms with Gasteiger partial charge in [-0.05, 0) is 30.2 Å². The lowest BCUT2D eigenvalue weighted by molar-refractivity contribution is 0.260. The largest absolute Gasteiger partial charge is 0.497 e. The van der Waals surface area contributed by atoms with Crippen LogP contribution < -0.4 is 20.9 Å². The summed E-state index contributed by atoms with van der Waals surface area (Å²) in [7, 11) is 1.38. The fourth-order valence-electron chi connectivity index (χ4n) is 3.80. The highest BCUT2D eigenvalue weighted by Crippen LogP contribution is 2.36. The molecule has 0 saturated carbocycles. The number of nitrogens with two attached hydrogens (primary N) is 1. The number of aromatic amines is 1. The van der Waals surface area contributed by atoms with E-state index in [2.05, 4.69) is 15.1 Å². The SMILES string of the molecule is COc1cc(OCCF)c(F)c(C(Cc2ccc(C(=N)N)cc2)c2nn(-c3ncccc3F)c(=O)[nH]2)c1. The lowest BCUT2D eigenvalue weighted by atomic mass is 9.90. The third kappa shape index (κ3) is 5.47. The van der Waals surface area contributed by atoms with Crippen molar-refractivity contribution in [2.24, 2.45) is 5.73 Å². The summed E-state index contributed by atoms with van der Waals surface area (Å²) >= 11 is 0. The number of aromatic nitrogens is 4. The molecule has 0 amide bonds. The maximum Gasteiger partial charge on any atom is 0.349 e. The zero-order valence-electron chi connectivity index (χ0n) is 19.7. The highest BCUT2D eigenvalue weighted by Gasteiger charge is 2.27. The van der Waals surface area contributed by atoms with Gasteiger partial charge in [-0.25, -0.2) is 22.9 Å². The molecule has 0 saturated heterocycles. The van der Waals surface area contributed by atoms with E-state index >= 15 is 4.39 Å². The van der Waals surface area contributed by atoms with E-state index < -0.39 is 29.9 Å². The maximum atomic E-state index is 15.7. The Morgan fingerprint density at radius 3 is 2.62 bits per heavy atom. The number of halogens is 3. The molecule has 2 heterocycles. The van der Waals surface area contributed by atoms with Crippen LogP contribution in [0.1, 0.15) is 28.4 Å². The lowest BCUT2D eigenvalue weighted by Gasteiger charge is -2.19.